The van der Waals surface area contributed by atoms with Crippen molar-refractivity contribution >= 4 is 11.6 Å². The first-order chi connectivity index (χ1) is 10.5. The molecule has 1 saturated heterocycles. The molecule has 1 fully saturated rings. The molecule has 1 aliphatic heterocycles. The summed E-state index contributed by atoms with van der Waals surface area (Å²) in [4.78, 5) is 15.5. The minimum Gasteiger partial charge on any atom is -0.497 e. The van der Waals surface area contributed by atoms with Crippen molar-refractivity contribution in [3.63, 3.8) is 0 Å². The molecule has 1 atom stereocenters. The third kappa shape index (κ3) is 3.47. The minimum absolute atomic E-state index is 0.182. The second-order valence-corrected chi connectivity index (χ2v) is 5.20. The summed E-state index contributed by atoms with van der Waals surface area (Å²) in [5.41, 5.74) is 0.647. The topological polar surface area (TPSA) is 42.0 Å². The highest BCUT2D eigenvalue weighted by Gasteiger charge is 2.36. The predicted octanol–water partition coefficient (Wildman–Crippen LogP) is 2.01. The number of carbonyl (C=O) groups is 1. The number of anilines is 1. The van der Waals surface area contributed by atoms with Crippen molar-refractivity contribution < 1.29 is 23.0 Å². The second kappa shape index (κ2) is 6.91. The molecule has 2 rings (SSSR count). The molecule has 0 radical (unpaired) electrons. The maximum atomic E-state index is 12.5. The van der Waals surface area contributed by atoms with E-state index in [0.717, 1.165) is 0 Å². The van der Waals surface area contributed by atoms with Gasteiger partial charge in [-0.2, -0.15) is 0 Å². The van der Waals surface area contributed by atoms with Crippen molar-refractivity contribution in [2.24, 2.45) is 0 Å². The second-order valence-electron chi connectivity index (χ2n) is 5.20. The smallest absolute Gasteiger partial charge is 0.251 e. The summed E-state index contributed by atoms with van der Waals surface area (Å²) in [6.45, 7) is 0.0685. The van der Waals surface area contributed by atoms with Crippen LogP contribution in [0.3, 0.4) is 0 Å². The van der Waals surface area contributed by atoms with Gasteiger partial charge >= 0.3 is 0 Å². The van der Waals surface area contributed by atoms with Gasteiger partial charge in [0.05, 0.1) is 32.5 Å². The molecule has 0 aromatic heterocycles. The highest BCUT2D eigenvalue weighted by molar-refractivity contribution is 5.99. The number of likely N-dealkylation sites (N-methyl/N-ethyl adjacent to an activating group) is 1. The summed E-state index contributed by atoms with van der Waals surface area (Å²) in [5.74, 6) is 0.969. The van der Waals surface area contributed by atoms with E-state index in [2.05, 4.69) is 0 Å². The van der Waals surface area contributed by atoms with E-state index < -0.39 is 19.0 Å². The predicted molar refractivity (Wildman–Crippen MR) is 78.9 cm³/mol. The fraction of sp³-hybridized carbons (Fsp3) is 0.533. The highest BCUT2D eigenvalue weighted by Crippen LogP contribution is 2.31. The van der Waals surface area contributed by atoms with Gasteiger partial charge in [-0.05, 0) is 13.5 Å². The average molecular weight is 314 g/mol. The Morgan fingerprint density at radius 1 is 1.27 bits per heavy atom. The van der Waals surface area contributed by atoms with Crippen LogP contribution in [0.4, 0.5) is 14.5 Å². The highest BCUT2D eigenvalue weighted by atomic mass is 19.3. The number of benzene rings is 1. The average Bonchev–Trinajstić information content (AvgIpc) is 2.87. The molecule has 1 aromatic rings. The molecular weight excluding hydrogens is 294 g/mol. The molecule has 1 aliphatic rings. The van der Waals surface area contributed by atoms with Crippen LogP contribution in [0.25, 0.3) is 0 Å². The molecule has 5 nitrogen and oxygen atoms in total. The molecule has 1 aromatic carbocycles. The fourth-order valence-corrected chi connectivity index (χ4v) is 2.62. The van der Waals surface area contributed by atoms with Crippen LogP contribution in [0, 0.1) is 0 Å². The maximum Gasteiger partial charge on any atom is 0.251 e. The Balaban J connectivity index is 2.19. The van der Waals surface area contributed by atoms with Gasteiger partial charge in [0.15, 0.2) is 0 Å². The lowest BCUT2D eigenvalue weighted by atomic mass is 10.2. The van der Waals surface area contributed by atoms with Gasteiger partial charge in [-0.1, -0.05) is 0 Å². The van der Waals surface area contributed by atoms with Gasteiger partial charge in [0, 0.05) is 24.7 Å². The zero-order chi connectivity index (χ0) is 16.3. The number of halogens is 2. The number of methoxy groups -OCH3 is 2. The number of hydrogen-bond acceptors (Lipinski definition) is 4. The molecule has 7 heteroatoms. The van der Waals surface area contributed by atoms with Crippen molar-refractivity contribution in [1.29, 1.82) is 0 Å². The first-order valence-electron chi connectivity index (χ1n) is 6.99. The summed E-state index contributed by atoms with van der Waals surface area (Å²) in [6.07, 6.45) is -1.94. The van der Waals surface area contributed by atoms with E-state index in [4.69, 9.17) is 9.47 Å². The number of carbonyl (C=O) groups excluding carboxylic acids is 1. The maximum absolute atomic E-state index is 12.5. The first-order valence-corrected chi connectivity index (χ1v) is 6.99. The van der Waals surface area contributed by atoms with Gasteiger partial charge in [0.25, 0.3) is 6.43 Å². The molecule has 0 N–H and O–H groups in total. The third-order valence-corrected chi connectivity index (χ3v) is 3.78. The Morgan fingerprint density at radius 3 is 2.36 bits per heavy atom. The standard InChI is InChI=1S/C15H20F2N2O3/c1-18(9-14(16)17)13-4-5-19(15(13)20)10-6-11(21-2)8-12(7-10)22-3/h6-8,13-14H,4-5,9H2,1-3H3. The van der Waals surface area contributed by atoms with E-state index in [0.29, 0.717) is 30.2 Å². The van der Waals surface area contributed by atoms with E-state index in [1.165, 1.54) is 19.1 Å². The Bertz CT molecular complexity index is 517. The lowest BCUT2D eigenvalue weighted by Crippen LogP contribution is -2.41. The number of nitrogens with zero attached hydrogens (tertiary/aromatic N) is 2. The molecule has 0 bridgehead atoms. The Morgan fingerprint density at radius 2 is 1.86 bits per heavy atom. The van der Waals surface area contributed by atoms with Gasteiger partial charge in [-0.15, -0.1) is 0 Å². The molecule has 0 saturated carbocycles. The van der Waals surface area contributed by atoms with Crippen molar-refractivity contribution in [3.8, 4) is 11.5 Å². The Hall–Kier alpha value is -1.89. The van der Waals surface area contributed by atoms with Crippen molar-refractivity contribution in [2.75, 3.05) is 39.3 Å². The van der Waals surface area contributed by atoms with Crippen molar-refractivity contribution in [1.82, 2.24) is 4.90 Å². The van der Waals surface area contributed by atoms with Crippen LogP contribution in [0.5, 0.6) is 11.5 Å². The van der Waals surface area contributed by atoms with E-state index >= 15 is 0 Å². The summed E-state index contributed by atoms with van der Waals surface area (Å²) in [5, 5.41) is 0. The zero-order valence-electron chi connectivity index (χ0n) is 12.9. The monoisotopic (exact) mass is 314 g/mol. The Kier molecular flexibility index (Phi) is 5.18. The van der Waals surface area contributed by atoms with E-state index in [-0.39, 0.29) is 5.91 Å². The van der Waals surface area contributed by atoms with E-state index in [1.807, 2.05) is 0 Å². The van der Waals surface area contributed by atoms with Gasteiger partial charge in [-0.25, -0.2) is 8.78 Å². The van der Waals surface area contributed by atoms with Crippen LogP contribution in [0.1, 0.15) is 6.42 Å². The molecule has 122 valence electrons. The van der Waals surface area contributed by atoms with Gasteiger partial charge in [0.2, 0.25) is 5.91 Å². The minimum atomic E-state index is -2.45. The van der Waals surface area contributed by atoms with Gasteiger partial charge < -0.3 is 14.4 Å². The summed E-state index contributed by atoms with van der Waals surface area (Å²) < 4.78 is 35.4. The SMILES string of the molecule is COc1cc(OC)cc(N2CCC(N(C)CC(F)F)C2=O)c1. The van der Waals surface area contributed by atoms with E-state index in [9.17, 15) is 13.6 Å². The van der Waals surface area contributed by atoms with Crippen LogP contribution in [-0.2, 0) is 4.79 Å². The number of hydrogen-bond donors (Lipinski definition) is 0. The molecule has 1 unspecified atom stereocenters. The van der Waals surface area contributed by atoms with Crippen LogP contribution < -0.4 is 14.4 Å². The van der Waals surface area contributed by atoms with Gasteiger partial charge in [-0.3, -0.25) is 9.69 Å². The number of rotatable bonds is 6. The molecule has 0 spiro atoms. The Labute approximate surface area is 128 Å². The van der Waals surface area contributed by atoms with Crippen LogP contribution in [0.15, 0.2) is 18.2 Å². The largest absolute Gasteiger partial charge is 0.497 e. The van der Waals surface area contributed by atoms with Crippen LogP contribution in [0.2, 0.25) is 0 Å². The van der Waals surface area contributed by atoms with Crippen LogP contribution >= 0.6 is 0 Å². The first kappa shape index (κ1) is 16.5. The molecule has 1 heterocycles. The number of ether oxygens (including phenoxy) is 2. The lowest BCUT2D eigenvalue weighted by molar-refractivity contribution is -0.121. The zero-order valence-corrected chi connectivity index (χ0v) is 12.9. The molecule has 1 amide bonds. The molecule has 22 heavy (non-hydrogen) atoms. The molecule has 0 aliphatic carbocycles. The van der Waals surface area contributed by atoms with Crippen molar-refractivity contribution in [3.05, 3.63) is 18.2 Å². The number of amides is 1. The van der Waals surface area contributed by atoms with E-state index in [1.54, 1.807) is 30.1 Å². The fourth-order valence-electron chi connectivity index (χ4n) is 2.62. The lowest BCUT2D eigenvalue weighted by Gasteiger charge is -2.23. The summed E-state index contributed by atoms with van der Waals surface area (Å²) >= 11 is 0. The molecular formula is C15H20F2N2O3. The van der Waals surface area contributed by atoms with Crippen molar-refractivity contribution in [2.45, 2.75) is 18.9 Å². The third-order valence-electron chi connectivity index (χ3n) is 3.78. The van der Waals surface area contributed by atoms with Gasteiger partial charge in [0.1, 0.15) is 11.5 Å². The van der Waals surface area contributed by atoms with Crippen LogP contribution in [-0.4, -0.2) is 57.6 Å². The summed E-state index contributed by atoms with van der Waals surface area (Å²) in [7, 11) is 4.61. The number of alkyl halides is 2. The summed E-state index contributed by atoms with van der Waals surface area (Å²) in [6, 6.07) is 4.65. The quantitative estimate of drug-likeness (QED) is 0.805. The normalized spacial score (nSPS) is 18.4.